The molecule has 0 atom stereocenters. The average molecular weight is 354 g/mol. The van der Waals surface area contributed by atoms with E-state index in [0.717, 1.165) is 24.0 Å². The molecule has 0 fully saturated rings. The predicted molar refractivity (Wildman–Crippen MR) is 95.0 cm³/mol. The lowest BCUT2D eigenvalue weighted by molar-refractivity contribution is 0.0666. The van der Waals surface area contributed by atoms with Crippen LogP contribution in [0.2, 0.25) is 0 Å². The Bertz CT molecular complexity index is 789. The van der Waals surface area contributed by atoms with Gasteiger partial charge in [-0.15, -0.1) is 0 Å². The molecule has 4 aliphatic rings. The molecule has 0 N–H and O–H groups in total. The lowest BCUT2D eigenvalue weighted by atomic mass is 9.90. The zero-order valence-corrected chi connectivity index (χ0v) is 15.4. The number of carbonyl (C=O) groups excluding carboxylic acids is 1. The first-order chi connectivity index (χ1) is 12.3. The Morgan fingerprint density at radius 3 is 1.69 bits per heavy atom. The maximum Gasteiger partial charge on any atom is 0.519 e. The Morgan fingerprint density at radius 1 is 0.846 bits per heavy atom. The predicted octanol–water partition coefficient (Wildman–Crippen LogP) is 5.36. The van der Waals surface area contributed by atoms with Crippen molar-refractivity contribution in [2.75, 3.05) is 0 Å². The molecular formula is C21H22O5. The zero-order valence-electron chi connectivity index (χ0n) is 15.4. The van der Waals surface area contributed by atoms with Crippen molar-refractivity contribution in [3.05, 3.63) is 71.0 Å². The van der Waals surface area contributed by atoms with Gasteiger partial charge in [0.25, 0.3) is 0 Å². The minimum absolute atomic E-state index is 0.343. The van der Waals surface area contributed by atoms with E-state index in [1.165, 1.54) is 0 Å². The van der Waals surface area contributed by atoms with E-state index in [4.69, 9.17) is 18.9 Å². The maximum absolute atomic E-state index is 12.6. The first kappa shape index (κ1) is 16.8. The minimum Gasteiger partial charge on any atom is -0.461 e. The summed E-state index contributed by atoms with van der Waals surface area (Å²) in [5, 5.41) is 0. The Labute approximate surface area is 152 Å². The fourth-order valence-corrected chi connectivity index (χ4v) is 3.79. The summed E-state index contributed by atoms with van der Waals surface area (Å²) in [5.74, 6) is 2.21. The van der Waals surface area contributed by atoms with Crippen LogP contribution in [0.4, 0.5) is 4.79 Å². The highest BCUT2D eigenvalue weighted by atomic mass is 16.7. The van der Waals surface area contributed by atoms with Crippen LogP contribution in [0.15, 0.2) is 71.0 Å². The smallest absolute Gasteiger partial charge is 0.461 e. The summed E-state index contributed by atoms with van der Waals surface area (Å²) in [7, 11) is 0. The van der Waals surface area contributed by atoms with Crippen molar-refractivity contribution in [1.82, 2.24) is 0 Å². The number of fused-ring (bicyclic) bond motifs is 2. The number of hydrogen-bond acceptors (Lipinski definition) is 5. The molecule has 0 spiro atoms. The van der Waals surface area contributed by atoms with Crippen molar-refractivity contribution < 1.29 is 23.7 Å². The van der Waals surface area contributed by atoms with Gasteiger partial charge in [0.1, 0.15) is 0 Å². The molecule has 2 aliphatic heterocycles. The Balaban J connectivity index is 1.58. The van der Waals surface area contributed by atoms with Crippen LogP contribution >= 0.6 is 0 Å². The molecule has 2 aliphatic carbocycles. The molecule has 2 heterocycles. The van der Waals surface area contributed by atoms with E-state index in [-0.39, 0.29) is 10.8 Å². The third-order valence-electron chi connectivity index (χ3n) is 4.98. The molecule has 0 saturated carbocycles. The highest BCUT2D eigenvalue weighted by Crippen LogP contribution is 2.49. The van der Waals surface area contributed by atoms with Crippen molar-refractivity contribution >= 4 is 6.16 Å². The SMILES string of the molecule is CC1(C)CC2=CC=COC2=C1OC(=O)OC1=C2OC=CC=C2CC1(C)C. The van der Waals surface area contributed by atoms with Gasteiger partial charge < -0.3 is 18.9 Å². The molecule has 26 heavy (non-hydrogen) atoms. The second-order valence-electron chi connectivity index (χ2n) is 8.17. The van der Waals surface area contributed by atoms with Crippen molar-refractivity contribution in [3.63, 3.8) is 0 Å². The van der Waals surface area contributed by atoms with Crippen molar-refractivity contribution in [2.24, 2.45) is 10.8 Å². The van der Waals surface area contributed by atoms with Gasteiger partial charge in [-0.05, 0) is 36.1 Å². The van der Waals surface area contributed by atoms with Gasteiger partial charge in [-0.3, -0.25) is 0 Å². The van der Waals surface area contributed by atoms with Gasteiger partial charge in [0.05, 0.1) is 12.5 Å². The van der Waals surface area contributed by atoms with Crippen LogP contribution in [0.5, 0.6) is 0 Å². The van der Waals surface area contributed by atoms with Gasteiger partial charge in [0, 0.05) is 10.8 Å². The summed E-state index contributed by atoms with van der Waals surface area (Å²) < 4.78 is 22.4. The summed E-state index contributed by atoms with van der Waals surface area (Å²) in [6.45, 7) is 8.07. The molecule has 0 saturated heterocycles. The lowest BCUT2D eigenvalue weighted by Crippen LogP contribution is -2.21. The molecule has 5 nitrogen and oxygen atoms in total. The molecule has 0 radical (unpaired) electrons. The Hall–Kier alpha value is -2.69. The van der Waals surface area contributed by atoms with Crippen LogP contribution < -0.4 is 0 Å². The van der Waals surface area contributed by atoms with Gasteiger partial charge >= 0.3 is 6.16 Å². The fraction of sp³-hybridized carbons (Fsp3) is 0.381. The first-order valence-corrected chi connectivity index (χ1v) is 8.73. The number of carbonyl (C=O) groups is 1. The molecule has 0 aromatic heterocycles. The molecule has 136 valence electrons. The highest BCUT2D eigenvalue weighted by molar-refractivity contribution is 5.65. The second-order valence-corrected chi connectivity index (χ2v) is 8.17. The van der Waals surface area contributed by atoms with E-state index in [0.29, 0.717) is 23.0 Å². The summed E-state index contributed by atoms with van der Waals surface area (Å²) in [6, 6.07) is 0. The van der Waals surface area contributed by atoms with E-state index in [2.05, 4.69) is 0 Å². The van der Waals surface area contributed by atoms with Crippen LogP contribution in [0.25, 0.3) is 0 Å². The van der Waals surface area contributed by atoms with Crippen LogP contribution in [0.1, 0.15) is 40.5 Å². The summed E-state index contributed by atoms with van der Waals surface area (Å²) in [5.41, 5.74) is 1.36. The topological polar surface area (TPSA) is 54.0 Å². The molecule has 0 unspecified atom stereocenters. The lowest BCUT2D eigenvalue weighted by Gasteiger charge is -2.23. The number of allylic oxidation sites excluding steroid dienone is 8. The van der Waals surface area contributed by atoms with E-state index >= 15 is 0 Å². The van der Waals surface area contributed by atoms with E-state index in [9.17, 15) is 4.79 Å². The molecule has 0 bridgehead atoms. The van der Waals surface area contributed by atoms with Crippen LogP contribution in [0.3, 0.4) is 0 Å². The molecule has 0 amide bonds. The number of rotatable bonds is 2. The van der Waals surface area contributed by atoms with Gasteiger partial charge in [-0.1, -0.05) is 39.8 Å². The number of hydrogen-bond donors (Lipinski definition) is 0. The van der Waals surface area contributed by atoms with Crippen LogP contribution in [-0.2, 0) is 18.9 Å². The van der Waals surface area contributed by atoms with Gasteiger partial charge in [-0.2, -0.15) is 0 Å². The third-order valence-corrected chi connectivity index (χ3v) is 4.98. The average Bonchev–Trinajstić information content (AvgIpc) is 2.98. The summed E-state index contributed by atoms with van der Waals surface area (Å²) in [4.78, 5) is 12.6. The van der Waals surface area contributed by atoms with Crippen LogP contribution in [0, 0.1) is 10.8 Å². The first-order valence-electron chi connectivity index (χ1n) is 8.73. The van der Waals surface area contributed by atoms with Gasteiger partial charge in [0.2, 0.25) is 0 Å². The highest BCUT2D eigenvalue weighted by Gasteiger charge is 2.44. The Morgan fingerprint density at radius 2 is 1.27 bits per heavy atom. The third kappa shape index (κ3) is 2.68. The largest absolute Gasteiger partial charge is 0.519 e. The minimum atomic E-state index is -0.769. The molecular weight excluding hydrogens is 332 g/mol. The number of ether oxygens (including phenoxy) is 4. The zero-order chi connectivity index (χ0) is 18.5. The molecule has 4 rings (SSSR count). The standard InChI is InChI=1S/C21H22O5/c1-20(2)11-13-7-5-9-23-15(13)17(20)25-19(22)26-18-16-14(8-6-10-24-16)12-21(18,3)4/h5-10H,11-12H2,1-4H3. The van der Waals surface area contributed by atoms with Crippen molar-refractivity contribution in [1.29, 1.82) is 0 Å². The van der Waals surface area contributed by atoms with E-state index < -0.39 is 6.16 Å². The fourth-order valence-electron chi connectivity index (χ4n) is 3.79. The van der Waals surface area contributed by atoms with Crippen molar-refractivity contribution in [2.45, 2.75) is 40.5 Å². The molecule has 5 heteroatoms. The summed E-state index contributed by atoms with van der Waals surface area (Å²) >= 11 is 0. The van der Waals surface area contributed by atoms with E-state index in [1.54, 1.807) is 12.5 Å². The van der Waals surface area contributed by atoms with Gasteiger partial charge in [0.15, 0.2) is 23.0 Å². The maximum atomic E-state index is 12.6. The molecule has 0 aromatic rings. The quantitative estimate of drug-likeness (QED) is 0.625. The second kappa shape index (κ2) is 5.66. The van der Waals surface area contributed by atoms with Crippen molar-refractivity contribution in [3.8, 4) is 0 Å². The monoisotopic (exact) mass is 354 g/mol. The van der Waals surface area contributed by atoms with E-state index in [1.807, 2.05) is 52.0 Å². The molecule has 0 aromatic carbocycles. The normalized spacial score (nSPS) is 24.3. The Kier molecular flexibility index (Phi) is 3.65. The summed E-state index contributed by atoms with van der Waals surface area (Å²) in [6.07, 6.45) is 11.5. The van der Waals surface area contributed by atoms with Crippen LogP contribution in [-0.4, -0.2) is 6.16 Å². The van der Waals surface area contributed by atoms with Gasteiger partial charge in [-0.25, -0.2) is 4.79 Å².